The minimum Gasteiger partial charge on any atom is -0.334 e. The molecule has 0 bridgehead atoms. The highest BCUT2D eigenvalue weighted by Crippen LogP contribution is 2.44. The molecule has 0 spiro atoms. The molecule has 3 aromatic rings. The number of halogens is 1. The second-order valence-electron chi connectivity index (χ2n) is 8.56. The molecular formula is C26H27ClN2O. The summed E-state index contributed by atoms with van der Waals surface area (Å²) in [5.74, 6) is 1.08. The lowest BCUT2D eigenvalue weighted by atomic mass is 9.70. The Hall–Kier alpha value is -2.65. The Bertz CT molecular complexity index is 1100. The van der Waals surface area contributed by atoms with Crippen LogP contribution < -0.4 is 0 Å². The minimum absolute atomic E-state index is 0.306. The van der Waals surface area contributed by atoms with E-state index in [0.717, 1.165) is 24.0 Å². The van der Waals surface area contributed by atoms with E-state index in [-0.39, 0.29) is 0 Å². The lowest BCUT2D eigenvalue weighted by molar-refractivity contribution is 0.381. The molecule has 3 nitrogen and oxygen atoms in total. The average Bonchev–Trinajstić information content (AvgIpc) is 3.22. The second-order valence-corrected chi connectivity index (χ2v) is 9.00. The van der Waals surface area contributed by atoms with Crippen LogP contribution in [0.1, 0.15) is 52.5 Å². The predicted molar refractivity (Wildman–Crippen MR) is 124 cm³/mol. The molecule has 2 aromatic carbocycles. The molecule has 4 rings (SSSR count). The van der Waals surface area contributed by atoms with Crippen molar-refractivity contribution >= 4 is 17.7 Å². The summed E-state index contributed by atoms with van der Waals surface area (Å²) in [6, 6.07) is 15.7. The van der Waals surface area contributed by atoms with Crippen LogP contribution in [0.3, 0.4) is 0 Å². The Morgan fingerprint density at radius 1 is 1.03 bits per heavy atom. The van der Waals surface area contributed by atoms with Crippen LogP contribution in [0.5, 0.6) is 0 Å². The molecule has 0 N–H and O–H groups in total. The zero-order chi connectivity index (χ0) is 21.3. The van der Waals surface area contributed by atoms with E-state index in [2.05, 4.69) is 68.2 Å². The van der Waals surface area contributed by atoms with Gasteiger partial charge in [0, 0.05) is 16.1 Å². The zero-order valence-corrected chi connectivity index (χ0v) is 18.8. The fourth-order valence-corrected chi connectivity index (χ4v) is 4.52. The molecule has 154 valence electrons. The van der Waals surface area contributed by atoms with Gasteiger partial charge in [-0.1, -0.05) is 73.4 Å². The third-order valence-corrected chi connectivity index (χ3v) is 6.40. The van der Waals surface area contributed by atoms with E-state index in [1.54, 1.807) is 5.57 Å². The largest absolute Gasteiger partial charge is 0.334 e. The van der Waals surface area contributed by atoms with Crippen LogP contribution in [0.25, 0.3) is 28.9 Å². The number of rotatable bonds is 4. The van der Waals surface area contributed by atoms with E-state index < -0.39 is 0 Å². The molecule has 0 aliphatic heterocycles. The molecule has 4 heteroatoms. The fraction of sp³-hybridized carbons (Fsp3) is 0.308. The smallest absolute Gasteiger partial charge is 0.258 e. The molecule has 0 saturated carbocycles. The van der Waals surface area contributed by atoms with Crippen LogP contribution in [-0.4, -0.2) is 10.1 Å². The van der Waals surface area contributed by atoms with E-state index in [1.165, 1.54) is 23.1 Å². The third kappa shape index (κ3) is 4.13. The second kappa shape index (κ2) is 8.23. The summed E-state index contributed by atoms with van der Waals surface area (Å²) in [4.78, 5) is 4.53. The average molecular weight is 419 g/mol. The first-order valence-corrected chi connectivity index (χ1v) is 10.9. The number of allylic oxidation sites excluding steroid dienone is 3. The van der Waals surface area contributed by atoms with Crippen LogP contribution in [0, 0.1) is 5.41 Å². The minimum atomic E-state index is 0.306. The summed E-state index contributed by atoms with van der Waals surface area (Å²) in [6.45, 7) is 9.27. The lowest BCUT2D eigenvalue weighted by Gasteiger charge is -2.35. The van der Waals surface area contributed by atoms with Crippen LogP contribution in [0.2, 0.25) is 5.02 Å². The number of nitrogens with zero attached hydrogens (tertiary/aromatic N) is 2. The maximum Gasteiger partial charge on any atom is 0.258 e. The van der Waals surface area contributed by atoms with Crippen LogP contribution >= 0.6 is 11.6 Å². The molecule has 0 radical (unpaired) electrons. The Morgan fingerprint density at radius 2 is 1.70 bits per heavy atom. The maximum absolute atomic E-state index is 5.95. The zero-order valence-electron chi connectivity index (χ0n) is 18.0. The molecule has 0 saturated heterocycles. The Kier molecular flexibility index (Phi) is 5.66. The summed E-state index contributed by atoms with van der Waals surface area (Å²) < 4.78 is 5.43. The molecule has 1 aromatic heterocycles. The Balaban J connectivity index is 1.57. The van der Waals surface area contributed by atoms with Gasteiger partial charge in [-0.2, -0.15) is 4.98 Å². The topological polar surface area (TPSA) is 38.9 Å². The van der Waals surface area contributed by atoms with E-state index in [9.17, 15) is 0 Å². The van der Waals surface area contributed by atoms with Gasteiger partial charge in [0.05, 0.1) is 0 Å². The highest BCUT2D eigenvalue weighted by atomic mass is 35.5. The molecule has 1 aliphatic rings. The van der Waals surface area contributed by atoms with Crippen molar-refractivity contribution in [2.24, 2.45) is 5.41 Å². The molecule has 0 unspecified atom stereocenters. The van der Waals surface area contributed by atoms with Crippen molar-refractivity contribution in [1.82, 2.24) is 10.1 Å². The number of hydrogen-bond acceptors (Lipinski definition) is 3. The van der Waals surface area contributed by atoms with Gasteiger partial charge in [-0.3, -0.25) is 0 Å². The van der Waals surface area contributed by atoms with Crippen LogP contribution in [-0.2, 0) is 0 Å². The summed E-state index contributed by atoms with van der Waals surface area (Å²) in [7, 11) is 0. The molecule has 0 amide bonds. The van der Waals surface area contributed by atoms with Crippen molar-refractivity contribution in [3.05, 3.63) is 75.8 Å². The van der Waals surface area contributed by atoms with Crippen molar-refractivity contribution in [2.45, 2.75) is 47.0 Å². The highest BCUT2D eigenvalue weighted by Gasteiger charge is 2.29. The third-order valence-electron chi connectivity index (χ3n) is 6.15. The van der Waals surface area contributed by atoms with Gasteiger partial charge < -0.3 is 4.52 Å². The number of hydrogen-bond donors (Lipinski definition) is 0. The molecule has 1 heterocycles. The van der Waals surface area contributed by atoms with E-state index in [0.29, 0.717) is 22.2 Å². The van der Waals surface area contributed by atoms with Crippen molar-refractivity contribution in [3.8, 4) is 22.8 Å². The fourth-order valence-electron chi connectivity index (χ4n) is 4.39. The normalized spacial score (nSPS) is 17.6. The standard InChI is InChI=1S/C26H27ClN2O/c1-5-23-17(2)21(14-15-26(23,3)4)16-18-6-8-19(9-7-18)24-28-25(30-29-24)20-10-12-22(27)13-11-20/h6-13,16H,5,14-15H2,1-4H3/b21-16+. The monoisotopic (exact) mass is 418 g/mol. The number of aromatic nitrogens is 2. The van der Waals surface area contributed by atoms with Gasteiger partial charge in [0.2, 0.25) is 5.82 Å². The van der Waals surface area contributed by atoms with Gasteiger partial charge >= 0.3 is 0 Å². The van der Waals surface area contributed by atoms with Crippen molar-refractivity contribution in [1.29, 1.82) is 0 Å². The molecular weight excluding hydrogens is 392 g/mol. The van der Waals surface area contributed by atoms with Gasteiger partial charge in [0.25, 0.3) is 5.89 Å². The van der Waals surface area contributed by atoms with Gasteiger partial charge in [0.1, 0.15) is 0 Å². The first-order valence-electron chi connectivity index (χ1n) is 10.5. The predicted octanol–water partition coefficient (Wildman–Crippen LogP) is 7.99. The van der Waals surface area contributed by atoms with E-state index >= 15 is 0 Å². The summed E-state index contributed by atoms with van der Waals surface area (Å²) in [5.41, 5.74) is 7.79. The summed E-state index contributed by atoms with van der Waals surface area (Å²) >= 11 is 5.95. The SMILES string of the molecule is CCC1=C(C)/C(=C/c2ccc(-c3noc(-c4ccc(Cl)cc4)n3)cc2)CCC1(C)C. The molecule has 0 atom stereocenters. The van der Waals surface area contributed by atoms with E-state index in [1.807, 2.05) is 24.3 Å². The van der Waals surface area contributed by atoms with Gasteiger partial charge in [-0.15, -0.1) is 0 Å². The summed E-state index contributed by atoms with van der Waals surface area (Å²) in [5, 5.41) is 4.82. The lowest BCUT2D eigenvalue weighted by Crippen LogP contribution is -2.21. The van der Waals surface area contributed by atoms with Gasteiger partial charge in [-0.25, -0.2) is 0 Å². The highest BCUT2D eigenvalue weighted by molar-refractivity contribution is 6.30. The van der Waals surface area contributed by atoms with Crippen LogP contribution in [0.4, 0.5) is 0 Å². The molecule has 30 heavy (non-hydrogen) atoms. The maximum atomic E-state index is 5.95. The summed E-state index contributed by atoms with van der Waals surface area (Å²) in [6.07, 6.45) is 5.76. The van der Waals surface area contributed by atoms with E-state index in [4.69, 9.17) is 16.1 Å². The number of benzene rings is 2. The van der Waals surface area contributed by atoms with Gasteiger partial charge in [-0.05, 0) is 72.6 Å². The van der Waals surface area contributed by atoms with Crippen LogP contribution in [0.15, 0.2) is 69.8 Å². The van der Waals surface area contributed by atoms with Gasteiger partial charge in [0.15, 0.2) is 0 Å². The van der Waals surface area contributed by atoms with Crippen molar-refractivity contribution in [2.75, 3.05) is 0 Å². The van der Waals surface area contributed by atoms with Crippen molar-refractivity contribution < 1.29 is 4.52 Å². The Labute approximate surface area is 183 Å². The Morgan fingerprint density at radius 3 is 2.37 bits per heavy atom. The first-order chi connectivity index (χ1) is 14.4. The molecule has 1 aliphatic carbocycles. The quantitative estimate of drug-likeness (QED) is 0.431. The molecule has 0 fully saturated rings. The first kappa shape index (κ1) is 20.6. The van der Waals surface area contributed by atoms with Crippen molar-refractivity contribution in [3.63, 3.8) is 0 Å².